The number of nitrogens with zero attached hydrogens (tertiary/aromatic N) is 2. The van der Waals surface area contributed by atoms with Gasteiger partial charge in [-0.05, 0) is 23.8 Å². The summed E-state index contributed by atoms with van der Waals surface area (Å²) in [5, 5.41) is 3.64. The van der Waals surface area contributed by atoms with Crippen LogP contribution in [-0.4, -0.2) is 42.6 Å². The summed E-state index contributed by atoms with van der Waals surface area (Å²) in [4.78, 5) is 31.3. The minimum atomic E-state index is -0.332. The summed E-state index contributed by atoms with van der Waals surface area (Å²) >= 11 is 0. The van der Waals surface area contributed by atoms with Gasteiger partial charge in [-0.3, -0.25) is 14.2 Å². The number of carbonyl (C=O) groups is 1. The van der Waals surface area contributed by atoms with Crippen molar-refractivity contribution in [1.29, 1.82) is 0 Å². The lowest BCUT2D eigenvalue weighted by atomic mass is 10.1. The highest BCUT2D eigenvalue weighted by Gasteiger charge is 2.16. The maximum atomic E-state index is 13.0. The molecule has 1 amide bonds. The number of nitrogens with one attached hydrogen (secondary N) is 2. The Hall–Kier alpha value is -2.99. The quantitative estimate of drug-likeness (QED) is 0.606. The van der Waals surface area contributed by atoms with E-state index in [1.165, 1.54) is 4.90 Å². The van der Waals surface area contributed by atoms with Crippen molar-refractivity contribution < 1.29 is 9.69 Å². The second kappa shape index (κ2) is 8.60. The molecule has 0 unspecified atom stereocenters. The van der Waals surface area contributed by atoms with E-state index in [9.17, 15) is 9.59 Å². The molecule has 0 saturated heterocycles. The van der Waals surface area contributed by atoms with Gasteiger partial charge in [-0.15, -0.1) is 0 Å². The molecule has 3 aromatic rings. The summed E-state index contributed by atoms with van der Waals surface area (Å²) in [6, 6.07) is 15.0. The number of amides is 1. The van der Waals surface area contributed by atoms with Crippen molar-refractivity contribution in [3.63, 3.8) is 0 Å². The Kier molecular flexibility index (Phi) is 5.98. The molecule has 27 heavy (non-hydrogen) atoms. The zero-order valence-electron chi connectivity index (χ0n) is 15.7. The number of hydrogen-bond donors (Lipinski definition) is 2. The first kappa shape index (κ1) is 18.8. The van der Waals surface area contributed by atoms with E-state index >= 15 is 0 Å². The van der Waals surface area contributed by atoms with Crippen molar-refractivity contribution in [1.82, 2.24) is 14.9 Å². The second-order valence-corrected chi connectivity index (χ2v) is 6.92. The van der Waals surface area contributed by atoms with Gasteiger partial charge < -0.3 is 10.2 Å². The third-order valence-electron chi connectivity index (χ3n) is 4.42. The summed E-state index contributed by atoms with van der Waals surface area (Å²) in [5.74, 6) is -0.332. The first-order chi connectivity index (χ1) is 13.1. The lowest BCUT2D eigenvalue weighted by Crippen LogP contribution is -3.05. The first-order valence-corrected chi connectivity index (χ1v) is 9.16. The normalized spacial score (nSPS) is 11.1. The highest BCUT2D eigenvalue weighted by atomic mass is 16.2. The smallest absolute Gasteiger partial charge is 0.265 e. The van der Waals surface area contributed by atoms with Crippen LogP contribution in [0.3, 0.4) is 0 Å². The third kappa shape index (κ3) is 4.60. The molecule has 0 aliphatic rings. The van der Waals surface area contributed by atoms with Gasteiger partial charge in [0.05, 0.1) is 27.2 Å². The van der Waals surface area contributed by atoms with Crippen LogP contribution in [0.1, 0.15) is 22.3 Å². The number of pyridine rings is 2. The molecule has 0 bridgehead atoms. The van der Waals surface area contributed by atoms with Gasteiger partial charge in [-0.2, -0.15) is 0 Å². The summed E-state index contributed by atoms with van der Waals surface area (Å²) in [5.41, 5.74) is 1.40. The molecule has 2 heterocycles. The van der Waals surface area contributed by atoms with E-state index < -0.39 is 0 Å². The van der Waals surface area contributed by atoms with Crippen LogP contribution in [0.25, 0.3) is 11.0 Å². The zero-order valence-corrected chi connectivity index (χ0v) is 15.7. The predicted octanol–water partition coefficient (Wildman–Crippen LogP) is 0.709. The van der Waals surface area contributed by atoms with E-state index in [2.05, 4.69) is 24.4 Å². The molecule has 0 spiro atoms. The lowest BCUT2D eigenvalue weighted by Gasteiger charge is -2.13. The van der Waals surface area contributed by atoms with E-state index in [0.29, 0.717) is 18.7 Å². The summed E-state index contributed by atoms with van der Waals surface area (Å²) in [6.45, 7) is 1.88. The number of fused-ring (bicyclic) bond motifs is 1. The fourth-order valence-electron chi connectivity index (χ4n) is 3.02. The van der Waals surface area contributed by atoms with Gasteiger partial charge in [0.25, 0.3) is 11.5 Å². The van der Waals surface area contributed by atoms with Crippen molar-refractivity contribution in [2.24, 2.45) is 0 Å². The molecule has 0 fully saturated rings. The first-order valence-electron chi connectivity index (χ1n) is 9.16. The van der Waals surface area contributed by atoms with Crippen LogP contribution < -0.4 is 15.8 Å². The monoisotopic (exact) mass is 365 g/mol. The van der Waals surface area contributed by atoms with Crippen LogP contribution in [0.4, 0.5) is 0 Å². The van der Waals surface area contributed by atoms with Crippen molar-refractivity contribution in [3.05, 3.63) is 76.2 Å². The van der Waals surface area contributed by atoms with Gasteiger partial charge in [0.2, 0.25) is 0 Å². The summed E-state index contributed by atoms with van der Waals surface area (Å²) < 4.78 is 1.57. The van der Waals surface area contributed by atoms with Crippen LogP contribution in [0.2, 0.25) is 0 Å². The lowest BCUT2D eigenvalue weighted by molar-refractivity contribution is -0.858. The Labute approximate surface area is 158 Å². The van der Waals surface area contributed by atoms with Crippen LogP contribution in [0.5, 0.6) is 0 Å². The minimum absolute atomic E-state index is 0.156. The fraction of sp³-hybridized carbons (Fsp3) is 0.286. The van der Waals surface area contributed by atoms with E-state index in [-0.39, 0.29) is 17.0 Å². The number of rotatable bonds is 7. The second-order valence-electron chi connectivity index (χ2n) is 6.92. The van der Waals surface area contributed by atoms with E-state index in [1.807, 2.05) is 36.4 Å². The molecule has 2 aromatic heterocycles. The topological polar surface area (TPSA) is 68.4 Å². The SMILES string of the molecule is C[NH+](C)CCCNC(=O)c1cc2cccnc2n(Cc2ccccc2)c1=O. The maximum Gasteiger partial charge on any atom is 0.265 e. The van der Waals surface area contributed by atoms with Gasteiger partial charge in [0, 0.05) is 24.5 Å². The molecule has 3 rings (SSSR count). The van der Waals surface area contributed by atoms with Gasteiger partial charge in [-0.1, -0.05) is 30.3 Å². The number of carbonyl (C=O) groups excluding carboxylic acids is 1. The van der Waals surface area contributed by atoms with Gasteiger partial charge in [-0.25, -0.2) is 4.98 Å². The molecule has 6 heteroatoms. The van der Waals surface area contributed by atoms with E-state index in [1.54, 1.807) is 22.9 Å². The van der Waals surface area contributed by atoms with Crippen LogP contribution in [0.15, 0.2) is 59.5 Å². The van der Waals surface area contributed by atoms with Crippen molar-refractivity contribution >= 4 is 16.9 Å². The van der Waals surface area contributed by atoms with Gasteiger partial charge in [0.1, 0.15) is 11.2 Å². The predicted molar refractivity (Wildman–Crippen MR) is 106 cm³/mol. The molecule has 0 atom stereocenters. The molecule has 140 valence electrons. The van der Waals surface area contributed by atoms with Crippen molar-refractivity contribution in [2.45, 2.75) is 13.0 Å². The minimum Gasteiger partial charge on any atom is -0.352 e. The van der Waals surface area contributed by atoms with Crippen molar-refractivity contribution in [2.75, 3.05) is 27.2 Å². The van der Waals surface area contributed by atoms with Crippen molar-refractivity contribution in [3.8, 4) is 0 Å². The number of aromatic nitrogens is 2. The number of benzene rings is 1. The maximum absolute atomic E-state index is 13.0. The number of quaternary nitrogens is 1. The average Bonchev–Trinajstić information content (AvgIpc) is 2.67. The van der Waals surface area contributed by atoms with Gasteiger partial charge >= 0.3 is 0 Å². The molecule has 1 aromatic carbocycles. The Balaban J connectivity index is 1.93. The van der Waals surface area contributed by atoms with E-state index in [0.717, 1.165) is 23.9 Å². The standard InChI is InChI=1S/C21H24N4O2/c1-24(2)13-7-12-23-20(26)18-14-17-10-6-11-22-19(17)25(21(18)27)15-16-8-4-3-5-9-16/h3-6,8-11,14H,7,12-13,15H2,1-2H3,(H,23,26)/p+1. The largest absolute Gasteiger partial charge is 0.352 e. The fourth-order valence-corrected chi connectivity index (χ4v) is 3.02. The Morgan fingerprint density at radius 2 is 1.93 bits per heavy atom. The molecular formula is C21H25N4O2+. The average molecular weight is 365 g/mol. The highest BCUT2D eigenvalue weighted by Crippen LogP contribution is 2.13. The molecular weight excluding hydrogens is 340 g/mol. The highest BCUT2D eigenvalue weighted by molar-refractivity contribution is 5.96. The zero-order chi connectivity index (χ0) is 19.2. The van der Waals surface area contributed by atoms with Crippen LogP contribution in [-0.2, 0) is 6.54 Å². The summed E-state index contributed by atoms with van der Waals surface area (Å²) in [6.07, 6.45) is 2.52. The molecule has 6 nitrogen and oxygen atoms in total. The Morgan fingerprint density at radius 3 is 2.67 bits per heavy atom. The Bertz CT molecular complexity index is 980. The summed E-state index contributed by atoms with van der Waals surface area (Å²) in [7, 11) is 4.14. The number of hydrogen-bond acceptors (Lipinski definition) is 3. The third-order valence-corrected chi connectivity index (χ3v) is 4.42. The molecule has 0 saturated carbocycles. The molecule has 0 aliphatic heterocycles. The van der Waals surface area contributed by atoms with Crippen LogP contribution in [0, 0.1) is 0 Å². The van der Waals surface area contributed by atoms with E-state index in [4.69, 9.17) is 0 Å². The van der Waals surface area contributed by atoms with Crippen LogP contribution >= 0.6 is 0 Å². The Morgan fingerprint density at radius 1 is 1.15 bits per heavy atom. The molecule has 0 aliphatic carbocycles. The molecule has 0 radical (unpaired) electrons. The molecule has 2 N–H and O–H groups in total. The van der Waals surface area contributed by atoms with Gasteiger partial charge in [0.15, 0.2) is 0 Å².